The molecule has 37 heavy (non-hydrogen) atoms. The van der Waals surface area contributed by atoms with Crippen LogP contribution in [0.3, 0.4) is 0 Å². The van der Waals surface area contributed by atoms with Crippen LogP contribution in [0, 0.1) is 0 Å². The second kappa shape index (κ2) is 25.3. The molecule has 2 unspecified atom stereocenters. The van der Waals surface area contributed by atoms with E-state index in [1.54, 1.807) is 0 Å². The van der Waals surface area contributed by atoms with E-state index in [4.69, 9.17) is 13.8 Å². The van der Waals surface area contributed by atoms with Crippen LogP contribution in [-0.2, 0) is 27.9 Å². The maximum atomic E-state index is 11.9. The third kappa shape index (κ3) is 26.4. The van der Waals surface area contributed by atoms with Crippen molar-refractivity contribution in [1.82, 2.24) is 5.32 Å². The Bertz CT molecular complexity index is 605. The van der Waals surface area contributed by atoms with Crippen molar-refractivity contribution in [2.75, 3.05) is 26.4 Å². The number of ether oxygens (including phenoxy) is 1. The van der Waals surface area contributed by atoms with Crippen LogP contribution in [0.4, 0.5) is 0 Å². The summed E-state index contributed by atoms with van der Waals surface area (Å²) >= 11 is 0. The molecule has 2 atom stereocenters. The van der Waals surface area contributed by atoms with E-state index in [0.29, 0.717) is 6.42 Å². The first-order chi connectivity index (χ1) is 17.8. The molecule has 0 radical (unpaired) electrons. The molecule has 0 aromatic carbocycles. The van der Waals surface area contributed by atoms with Crippen molar-refractivity contribution in [2.45, 2.75) is 136 Å². The predicted molar refractivity (Wildman–Crippen MR) is 146 cm³/mol. The van der Waals surface area contributed by atoms with E-state index in [-0.39, 0.29) is 32.1 Å². The maximum Gasteiger partial charge on any atom is 0.472 e. The van der Waals surface area contributed by atoms with Crippen molar-refractivity contribution in [2.24, 2.45) is 0 Å². The molecule has 3 N–H and O–H groups in total. The SMILES string of the molecule is CCCCCCCCCCCCCC(=O)OCC(O)COP(=O)(O)OCCNC(=O)CCCCCCC. The maximum absolute atomic E-state index is 11.9. The highest BCUT2D eigenvalue weighted by Crippen LogP contribution is 2.42. The molecular weight excluding hydrogens is 497 g/mol. The number of nitrogens with one attached hydrogen (secondary N) is 1. The quantitative estimate of drug-likeness (QED) is 0.0624. The van der Waals surface area contributed by atoms with Crippen LogP contribution in [0.1, 0.15) is 129 Å². The first kappa shape index (κ1) is 36.0. The molecule has 0 aliphatic carbocycles. The summed E-state index contributed by atoms with van der Waals surface area (Å²) < 4.78 is 26.4. The first-order valence-corrected chi connectivity index (χ1v) is 16.0. The molecule has 220 valence electrons. The highest BCUT2D eigenvalue weighted by molar-refractivity contribution is 7.47. The highest BCUT2D eigenvalue weighted by atomic mass is 31.2. The summed E-state index contributed by atoms with van der Waals surface area (Å²) in [5.41, 5.74) is 0. The Kier molecular flexibility index (Phi) is 24.6. The lowest BCUT2D eigenvalue weighted by Gasteiger charge is -2.15. The van der Waals surface area contributed by atoms with Gasteiger partial charge in [-0.05, 0) is 12.8 Å². The second-order valence-electron chi connectivity index (χ2n) is 9.73. The summed E-state index contributed by atoms with van der Waals surface area (Å²) in [6, 6.07) is 0. The molecule has 0 aliphatic rings. The smallest absolute Gasteiger partial charge is 0.463 e. The normalized spacial score (nSPS) is 13.7. The zero-order valence-corrected chi connectivity index (χ0v) is 24.3. The highest BCUT2D eigenvalue weighted by Gasteiger charge is 2.23. The number of rotatable bonds is 27. The van der Waals surface area contributed by atoms with Gasteiger partial charge in [-0.1, -0.05) is 104 Å². The van der Waals surface area contributed by atoms with Gasteiger partial charge in [0.15, 0.2) is 0 Å². The van der Waals surface area contributed by atoms with Crippen molar-refractivity contribution in [3.05, 3.63) is 0 Å². The molecule has 0 aromatic rings. The number of amides is 1. The van der Waals surface area contributed by atoms with Gasteiger partial charge in [-0.3, -0.25) is 18.6 Å². The number of hydrogen-bond acceptors (Lipinski definition) is 7. The van der Waals surface area contributed by atoms with E-state index in [9.17, 15) is 24.2 Å². The lowest BCUT2D eigenvalue weighted by Crippen LogP contribution is -2.27. The van der Waals surface area contributed by atoms with Crippen molar-refractivity contribution < 1.29 is 37.9 Å². The first-order valence-electron chi connectivity index (χ1n) is 14.5. The van der Waals surface area contributed by atoms with E-state index < -0.39 is 26.5 Å². The van der Waals surface area contributed by atoms with Crippen molar-refractivity contribution >= 4 is 19.7 Å². The summed E-state index contributed by atoms with van der Waals surface area (Å²) in [7, 11) is -4.38. The molecule has 10 heteroatoms. The summed E-state index contributed by atoms with van der Waals surface area (Å²) in [6.45, 7) is 3.42. The zero-order chi connectivity index (χ0) is 27.6. The Morgan fingerprint density at radius 2 is 1.22 bits per heavy atom. The summed E-state index contributed by atoms with van der Waals surface area (Å²) in [5, 5.41) is 12.5. The monoisotopic (exact) mass is 551 g/mol. The number of aliphatic hydroxyl groups is 1. The van der Waals surface area contributed by atoms with E-state index in [1.807, 2.05) is 0 Å². The summed E-state index contributed by atoms with van der Waals surface area (Å²) in [4.78, 5) is 33.2. The third-order valence-corrected chi connectivity index (χ3v) is 7.02. The number of phosphoric acid groups is 1. The number of carbonyl (C=O) groups is 2. The van der Waals surface area contributed by atoms with E-state index in [1.165, 1.54) is 51.4 Å². The van der Waals surface area contributed by atoms with Crippen LogP contribution in [-0.4, -0.2) is 54.3 Å². The Morgan fingerprint density at radius 1 is 0.730 bits per heavy atom. The van der Waals surface area contributed by atoms with Crippen LogP contribution >= 0.6 is 7.82 Å². The molecular formula is C27H54NO8P. The van der Waals surface area contributed by atoms with Crippen molar-refractivity contribution in [3.8, 4) is 0 Å². The molecule has 0 bridgehead atoms. The number of hydrogen-bond donors (Lipinski definition) is 3. The van der Waals surface area contributed by atoms with Gasteiger partial charge in [0, 0.05) is 19.4 Å². The van der Waals surface area contributed by atoms with E-state index >= 15 is 0 Å². The van der Waals surface area contributed by atoms with E-state index in [0.717, 1.165) is 51.4 Å². The van der Waals surface area contributed by atoms with Gasteiger partial charge in [0.2, 0.25) is 5.91 Å². The molecule has 0 saturated carbocycles. The Hall–Kier alpha value is -0.990. The lowest BCUT2D eigenvalue weighted by molar-refractivity contribution is -0.147. The number of esters is 1. The number of aliphatic hydroxyl groups excluding tert-OH is 1. The summed E-state index contributed by atoms with van der Waals surface area (Å²) in [5.74, 6) is -0.529. The fourth-order valence-corrected chi connectivity index (χ4v) is 4.55. The van der Waals surface area contributed by atoms with Crippen LogP contribution in [0.2, 0.25) is 0 Å². The molecule has 0 heterocycles. The van der Waals surface area contributed by atoms with Crippen LogP contribution < -0.4 is 5.32 Å². The van der Waals surface area contributed by atoms with Gasteiger partial charge in [0.1, 0.15) is 12.7 Å². The minimum absolute atomic E-state index is 0.0842. The van der Waals surface area contributed by atoms with Crippen molar-refractivity contribution in [1.29, 1.82) is 0 Å². The molecule has 0 spiro atoms. The standard InChI is InChI=1S/C27H54NO8P/c1-3-5-7-9-10-11-12-13-14-16-18-20-27(31)34-23-25(29)24-36-37(32,33)35-22-21-28-26(30)19-17-15-8-6-4-2/h25,29H,3-24H2,1-2H3,(H,28,30)(H,32,33). The van der Waals surface area contributed by atoms with Gasteiger partial charge in [-0.2, -0.15) is 0 Å². The fourth-order valence-electron chi connectivity index (χ4n) is 3.79. The van der Waals surface area contributed by atoms with Crippen molar-refractivity contribution in [3.63, 3.8) is 0 Å². The molecule has 0 rings (SSSR count). The summed E-state index contributed by atoms with van der Waals surface area (Å²) in [6.07, 6.45) is 17.9. The number of carbonyl (C=O) groups excluding carboxylic acids is 2. The van der Waals surface area contributed by atoms with Gasteiger partial charge in [0.05, 0.1) is 13.2 Å². The Balaban J connectivity index is 3.67. The zero-order valence-electron chi connectivity index (χ0n) is 23.4. The Morgan fingerprint density at radius 3 is 1.76 bits per heavy atom. The average Bonchev–Trinajstić information content (AvgIpc) is 2.87. The molecule has 0 aliphatic heterocycles. The predicted octanol–water partition coefficient (Wildman–Crippen LogP) is 6.20. The largest absolute Gasteiger partial charge is 0.472 e. The van der Waals surface area contributed by atoms with E-state index in [2.05, 4.69) is 19.2 Å². The average molecular weight is 552 g/mol. The van der Waals surface area contributed by atoms with Crippen LogP contribution in [0.15, 0.2) is 0 Å². The van der Waals surface area contributed by atoms with Gasteiger partial charge in [-0.15, -0.1) is 0 Å². The van der Waals surface area contributed by atoms with Crippen LogP contribution in [0.25, 0.3) is 0 Å². The molecule has 9 nitrogen and oxygen atoms in total. The number of unbranched alkanes of at least 4 members (excludes halogenated alkanes) is 14. The molecule has 0 saturated heterocycles. The molecule has 0 aromatic heterocycles. The third-order valence-electron chi connectivity index (χ3n) is 6.04. The molecule has 0 fully saturated rings. The lowest BCUT2D eigenvalue weighted by atomic mass is 10.1. The minimum Gasteiger partial charge on any atom is -0.463 e. The van der Waals surface area contributed by atoms with Gasteiger partial charge >= 0.3 is 13.8 Å². The van der Waals surface area contributed by atoms with Gasteiger partial charge in [-0.25, -0.2) is 4.57 Å². The van der Waals surface area contributed by atoms with Gasteiger partial charge < -0.3 is 20.1 Å². The fraction of sp³-hybridized carbons (Fsp3) is 0.926. The Labute approximate surface area is 225 Å². The minimum atomic E-state index is -4.38. The van der Waals surface area contributed by atoms with Crippen LogP contribution in [0.5, 0.6) is 0 Å². The second-order valence-corrected chi connectivity index (χ2v) is 11.2. The topological polar surface area (TPSA) is 131 Å². The molecule has 1 amide bonds. The number of phosphoric ester groups is 1. The van der Waals surface area contributed by atoms with Gasteiger partial charge in [0.25, 0.3) is 0 Å².